The zero-order valence-electron chi connectivity index (χ0n) is 15.0. The van der Waals surface area contributed by atoms with E-state index in [2.05, 4.69) is 15.1 Å². The Kier molecular flexibility index (Phi) is 4.76. The number of aromatic nitrogens is 2. The van der Waals surface area contributed by atoms with Crippen LogP contribution >= 0.6 is 0 Å². The Labute approximate surface area is 153 Å². The maximum atomic E-state index is 15.5. The average molecular weight is 356 g/mol. The summed E-state index contributed by atoms with van der Waals surface area (Å²) in [5.74, 6) is -0.310. The van der Waals surface area contributed by atoms with Crippen LogP contribution in [0.2, 0.25) is 0 Å². The van der Waals surface area contributed by atoms with Gasteiger partial charge in [-0.3, -0.25) is 14.8 Å². The fraction of sp³-hybridized carbons (Fsp3) is 0.500. The average Bonchev–Trinajstić information content (AvgIpc) is 3.34. The van der Waals surface area contributed by atoms with E-state index in [1.165, 1.54) is 0 Å². The lowest BCUT2D eigenvalue weighted by Gasteiger charge is -2.38. The van der Waals surface area contributed by atoms with E-state index in [1.807, 2.05) is 30.3 Å². The highest BCUT2D eigenvalue weighted by atomic mass is 19.1. The second-order valence-electron chi connectivity index (χ2n) is 7.42. The predicted molar refractivity (Wildman–Crippen MR) is 98.2 cm³/mol. The van der Waals surface area contributed by atoms with Crippen LogP contribution in [0.3, 0.4) is 0 Å². The summed E-state index contributed by atoms with van der Waals surface area (Å²) in [6.45, 7) is 2.97. The van der Waals surface area contributed by atoms with Crippen molar-refractivity contribution in [3.8, 4) is 11.3 Å². The second-order valence-corrected chi connectivity index (χ2v) is 7.42. The molecule has 1 N–H and O–H groups in total. The van der Waals surface area contributed by atoms with Crippen molar-refractivity contribution in [3.63, 3.8) is 0 Å². The highest BCUT2D eigenvalue weighted by Crippen LogP contribution is 2.31. The van der Waals surface area contributed by atoms with Crippen molar-refractivity contribution in [1.29, 1.82) is 0 Å². The van der Waals surface area contributed by atoms with Gasteiger partial charge in [0.25, 0.3) is 5.91 Å². The van der Waals surface area contributed by atoms with Gasteiger partial charge in [0.15, 0.2) is 0 Å². The number of carbonyl (C=O) groups excluding carboxylic acids is 1. The van der Waals surface area contributed by atoms with Crippen molar-refractivity contribution in [2.75, 3.05) is 26.2 Å². The van der Waals surface area contributed by atoms with E-state index in [0.717, 1.165) is 36.2 Å². The molecule has 26 heavy (non-hydrogen) atoms. The zero-order chi connectivity index (χ0) is 18.0. The van der Waals surface area contributed by atoms with Crippen LogP contribution in [0.15, 0.2) is 36.5 Å². The quantitative estimate of drug-likeness (QED) is 0.916. The molecule has 2 aromatic rings. The van der Waals surface area contributed by atoms with Gasteiger partial charge in [0.2, 0.25) is 5.67 Å². The van der Waals surface area contributed by atoms with E-state index in [4.69, 9.17) is 0 Å². The first-order valence-corrected chi connectivity index (χ1v) is 9.44. The summed E-state index contributed by atoms with van der Waals surface area (Å²) >= 11 is 0. The van der Waals surface area contributed by atoms with Gasteiger partial charge in [0.1, 0.15) is 0 Å². The minimum absolute atomic E-state index is 0.168. The Bertz CT molecular complexity index is 756. The Morgan fingerprint density at radius 3 is 2.69 bits per heavy atom. The van der Waals surface area contributed by atoms with E-state index in [-0.39, 0.29) is 12.5 Å². The zero-order valence-corrected chi connectivity index (χ0v) is 15.0. The number of alkyl halides is 1. The summed E-state index contributed by atoms with van der Waals surface area (Å²) in [7, 11) is 0. The molecule has 4 rings (SSSR count). The summed E-state index contributed by atoms with van der Waals surface area (Å²) in [6.07, 6.45) is 4.81. The Morgan fingerprint density at radius 1 is 1.15 bits per heavy atom. The number of nitrogens with zero attached hydrogens (tertiary/aromatic N) is 3. The number of rotatable bonds is 4. The largest absolute Gasteiger partial charge is 0.340 e. The van der Waals surface area contributed by atoms with Gasteiger partial charge in [-0.15, -0.1) is 0 Å². The molecular weight excluding hydrogens is 331 g/mol. The number of amides is 1. The number of likely N-dealkylation sites (tertiary alicyclic amines) is 2. The molecule has 0 saturated carbocycles. The van der Waals surface area contributed by atoms with Crippen molar-refractivity contribution in [1.82, 2.24) is 20.0 Å². The molecule has 1 amide bonds. The molecule has 1 unspecified atom stereocenters. The van der Waals surface area contributed by atoms with Gasteiger partial charge in [0.05, 0.1) is 11.9 Å². The minimum atomic E-state index is -1.75. The van der Waals surface area contributed by atoms with Crippen LogP contribution in [-0.4, -0.2) is 57.8 Å². The van der Waals surface area contributed by atoms with Crippen LogP contribution in [0.5, 0.6) is 0 Å². The molecular formula is C20H25FN4O. The van der Waals surface area contributed by atoms with Gasteiger partial charge in [-0.25, -0.2) is 4.39 Å². The molecule has 2 aliphatic heterocycles. The van der Waals surface area contributed by atoms with Gasteiger partial charge in [-0.1, -0.05) is 30.3 Å². The number of H-pyrrole nitrogens is 1. The van der Waals surface area contributed by atoms with E-state index in [1.54, 1.807) is 11.1 Å². The Balaban J connectivity index is 1.48. The lowest BCUT2D eigenvalue weighted by molar-refractivity contribution is -0.147. The third-order valence-electron chi connectivity index (χ3n) is 5.47. The van der Waals surface area contributed by atoms with E-state index >= 15 is 4.39 Å². The normalized spacial score (nSPS) is 24.1. The van der Waals surface area contributed by atoms with Crippen molar-refractivity contribution >= 4 is 5.91 Å². The molecule has 1 aromatic carbocycles. The summed E-state index contributed by atoms with van der Waals surface area (Å²) in [6, 6.07) is 10.0. The maximum Gasteiger partial charge on any atom is 0.261 e. The molecule has 2 saturated heterocycles. The van der Waals surface area contributed by atoms with E-state index in [0.29, 0.717) is 32.5 Å². The molecule has 2 fully saturated rings. The van der Waals surface area contributed by atoms with Gasteiger partial charge >= 0.3 is 0 Å². The third kappa shape index (κ3) is 3.38. The maximum absolute atomic E-state index is 15.5. The Morgan fingerprint density at radius 2 is 1.92 bits per heavy atom. The number of benzene rings is 1. The lowest BCUT2D eigenvalue weighted by Crippen LogP contribution is -2.54. The lowest BCUT2D eigenvalue weighted by atomic mass is 9.92. The first-order chi connectivity index (χ1) is 12.7. The van der Waals surface area contributed by atoms with Crippen molar-refractivity contribution in [3.05, 3.63) is 42.1 Å². The van der Waals surface area contributed by atoms with Gasteiger partial charge in [-0.05, 0) is 37.8 Å². The number of nitrogens with one attached hydrogen (secondary N) is 1. The van der Waals surface area contributed by atoms with Crippen molar-refractivity contribution < 1.29 is 9.18 Å². The number of hydrogen-bond acceptors (Lipinski definition) is 3. The van der Waals surface area contributed by atoms with Gasteiger partial charge in [0, 0.05) is 31.7 Å². The SMILES string of the molecule is O=C(N1CCCC1)C1(F)CCCN(Cc2cn[nH]c2-c2ccccc2)C1. The topological polar surface area (TPSA) is 52.2 Å². The molecule has 5 nitrogen and oxygen atoms in total. The van der Waals surface area contributed by atoms with Crippen LogP contribution in [0.4, 0.5) is 4.39 Å². The van der Waals surface area contributed by atoms with Crippen molar-refractivity contribution in [2.45, 2.75) is 37.9 Å². The summed E-state index contributed by atoms with van der Waals surface area (Å²) in [4.78, 5) is 16.4. The smallest absolute Gasteiger partial charge is 0.261 e. The highest BCUT2D eigenvalue weighted by Gasteiger charge is 2.45. The first-order valence-electron chi connectivity index (χ1n) is 9.44. The molecule has 0 spiro atoms. The summed E-state index contributed by atoms with van der Waals surface area (Å²) in [5.41, 5.74) is 1.32. The standard InChI is InChI=1S/C20H25FN4O/c21-20(19(26)25-11-4-5-12-25)9-6-10-24(15-20)14-17-13-22-23-18(17)16-7-2-1-3-8-16/h1-3,7-8,13H,4-6,9-12,14-15H2,(H,22,23). The molecule has 2 aliphatic rings. The Hall–Kier alpha value is -2.21. The number of aromatic amines is 1. The number of piperidine rings is 1. The fourth-order valence-corrected chi connectivity index (χ4v) is 4.14. The van der Waals surface area contributed by atoms with E-state index in [9.17, 15) is 4.79 Å². The molecule has 138 valence electrons. The van der Waals surface area contributed by atoms with E-state index < -0.39 is 5.67 Å². The van der Waals surface area contributed by atoms with Crippen LogP contribution in [0.1, 0.15) is 31.2 Å². The molecule has 0 aliphatic carbocycles. The molecule has 0 bridgehead atoms. The summed E-state index contributed by atoms with van der Waals surface area (Å²) < 4.78 is 15.5. The first kappa shape index (κ1) is 17.2. The van der Waals surface area contributed by atoms with Crippen LogP contribution in [0, 0.1) is 0 Å². The number of hydrogen-bond donors (Lipinski definition) is 1. The molecule has 1 atom stereocenters. The second kappa shape index (κ2) is 7.19. The van der Waals surface area contributed by atoms with Gasteiger partial charge in [-0.2, -0.15) is 5.10 Å². The minimum Gasteiger partial charge on any atom is -0.340 e. The molecule has 6 heteroatoms. The van der Waals surface area contributed by atoms with Crippen LogP contribution < -0.4 is 0 Å². The predicted octanol–water partition coefficient (Wildman–Crippen LogP) is 3.00. The van der Waals surface area contributed by atoms with Crippen LogP contribution in [0.25, 0.3) is 11.3 Å². The summed E-state index contributed by atoms with van der Waals surface area (Å²) in [5, 5.41) is 7.23. The van der Waals surface area contributed by atoms with Crippen LogP contribution in [-0.2, 0) is 11.3 Å². The fourth-order valence-electron chi connectivity index (χ4n) is 4.14. The van der Waals surface area contributed by atoms with Gasteiger partial charge < -0.3 is 4.90 Å². The number of halogens is 1. The third-order valence-corrected chi connectivity index (χ3v) is 5.47. The molecule has 1 aromatic heterocycles. The highest BCUT2D eigenvalue weighted by molar-refractivity contribution is 5.85. The van der Waals surface area contributed by atoms with Crippen molar-refractivity contribution in [2.24, 2.45) is 0 Å². The molecule has 0 radical (unpaired) electrons. The number of carbonyl (C=O) groups is 1. The molecule has 3 heterocycles. The monoisotopic (exact) mass is 356 g/mol.